The summed E-state index contributed by atoms with van der Waals surface area (Å²) in [4.78, 5) is 17.3. The van der Waals surface area contributed by atoms with Gasteiger partial charge in [-0.2, -0.15) is 0 Å². The Morgan fingerprint density at radius 3 is 2.31 bits per heavy atom. The van der Waals surface area contributed by atoms with Crippen LogP contribution >= 0.6 is 0 Å². The van der Waals surface area contributed by atoms with Gasteiger partial charge in [0, 0.05) is 36.9 Å². The maximum Gasteiger partial charge on any atom is 0.339 e. The third kappa shape index (κ3) is 5.81. The number of carboxylic acids is 1. The highest BCUT2D eigenvalue weighted by Crippen LogP contribution is 2.62. The van der Waals surface area contributed by atoms with Gasteiger partial charge in [-0.05, 0) is 98.1 Å². The van der Waals surface area contributed by atoms with Gasteiger partial charge >= 0.3 is 5.97 Å². The van der Waals surface area contributed by atoms with E-state index in [0.717, 1.165) is 62.3 Å². The Labute approximate surface area is 251 Å². The van der Waals surface area contributed by atoms with E-state index >= 15 is 0 Å². The summed E-state index contributed by atoms with van der Waals surface area (Å²) in [5, 5.41) is 9.78. The zero-order chi connectivity index (χ0) is 29.3. The predicted molar refractivity (Wildman–Crippen MR) is 170 cm³/mol. The van der Waals surface area contributed by atoms with Crippen LogP contribution in [0.1, 0.15) is 68.8 Å². The van der Waals surface area contributed by atoms with Crippen molar-refractivity contribution >= 4 is 11.7 Å². The van der Waals surface area contributed by atoms with Crippen LogP contribution in [0.25, 0.3) is 0 Å². The fraction of sp³-hybridized carbons (Fsp3) is 0.486. The number of ether oxygens (including phenoxy) is 1. The Balaban J connectivity index is 1.15. The van der Waals surface area contributed by atoms with E-state index in [1.54, 1.807) is 6.07 Å². The van der Waals surface area contributed by atoms with Gasteiger partial charge < -0.3 is 14.7 Å². The Hall–Kier alpha value is -3.31. The van der Waals surface area contributed by atoms with Gasteiger partial charge in [0.05, 0.1) is 0 Å². The van der Waals surface area contributed by atoms with E-state index in [0.29, 0.717) is 29.0 Å². The van der Waals surface area contributed by atoms with Gasteiger partial charge in [0.15, 0.2) is 0 Å². The minimum absolute atomic E-state index is 0.190. The number of hydrogen-bond donors (Lipinski definition) is 1. The highest BCUT2D eigenvalue weighted by Gasteiger charge is 2.57. The maximum atomic E-state index is 11.9. The van der Waals surface area contributed by atoms with Gasteiger partial charge in [-0.25, -0.2) is 4.79 Å². The molecule has 3 aromatic carbocycles. The minimum Gasteiger partial charge on any atom is -0.478 e. The van der Waals surface area contributed by atoms with E-state index in [1.165, 1.54) is 24.8 Å². The summed E-state index contributed by atoms with van der Waals surface area (Å²) in [5.74, 6) is 2.50. The molecule has 4 atom stereocenters. The molecule has 2 bridgehead atoms. The molecule has 1 N–H and O–H groups in total. The van der Waals surface area contributed by atoms with Crippen LogP contribution in [0.3, 0.4) is 0 Å². The first kappa shape index (κ1) is 28.8. The molecule has 3 aromatic rings. The number of para-hydroxylation sites is 1. The first-order valence-corrected chi connectivity index (χ1v) is 16.0. The number of nitrogens with zero attached hydrogens (tertiary/aromatic N) is 2. The van der Waals surface area contributed by atoms with Gasteiger partial charge in [-0.1, -0.05) is 69.3 Å². The summed E-state index contributed by atoms with van der Waals surface area (Å²) in [6, 6.07) is 27.2. The van der Waals surface area contributed by atoms with Crippen molar-refractivity contribution in [2.75, 3.05) is 24.5 Å². The van der Waals surface area contributed by atoms with Crippen molar-refractivity contribution in [3.05, 3.63) is 90.0 Å². The largest absolute Gasteiger partial charge is 0.478 e. The second kappa shape index (κ2) is 12.1. The van der Waals surface area contributed by atoms with Gasteiger partial charge in [0.1, 0.15) is 17.1 Å². The lowest BCUT2D eigenvalue weighted by Crippen LogP contribution is -2.63. The van der Waals surface area contributed by atoms with Gasteiger partial charge in [-0.3, -0.25) is 4.90 Å². The Morgan fingerprint density at radius 1 is 0.976 bits per heavy atom. The number of carbonyl (C=O) groups is 1. The van der Waals surface area contributed by atoms with Gasteiger partial charge in [-0.15, -0.1) is 0 Å². The summed E-state index contributed by atoms with van der Waals surface area (Å²) in [6.45, 7) is 10.6. The lowest BCUT2D eigenvalue weighted by Gasteiger charge is -2.64. The molecule has 222 valence electrons. The van der Waals surface area contributed by atoms with Crippen LogP contribution in [0, 0.1) is 23.2 Å². The van der Waals surface area contributed by atoms with Crippen molar-refractivity contribution in [2.24, 2.45) is 23.2 Å². The highest BCUT2D eigenvalue weighted by atomic mass is 16.5. The molecule has 5 heteroatoms. The van der Waals surface area contributed by atoms with Crippen LogP contribution in [-0.4, -0.2) is 47.7 Å². The number of aromatic carboxylic acids is 1. The van der Waals surface area contributed by atoms with Crippen molar-refractivity contribution in [1.82, 2.24) is 4.90 Å². The monoisotopic (exact) mass is 566 g/mol. The summed E-state index contributed by atoms with van der Waals surface area (Å²) >= 11 is 0. The van der Waals surface area contributed by atoms with Crippen LogP contribution in [0.4, 0.5) is 5.69 Å². The first-order valence-electron chi connectivity index (χ1n) is 16.0. The SMILES string of the molecule is C[C@@H]1[C@@H](N(CCCc2ccccc2)C2CCN(c3ccc(C(=O)O)c(Oc4ccccc4)c3)CC2)C[C@H]2C[C@@H]1C2(C)C. The molecule has 0 unspecified atom stereocenters. The average Bonchev–Trinajstić information content (AvgIpc) is 3.00. The van der Waals surface area contributed by atoms with E-state index in [2.05, 4.69) is 60.9 Å². The number of anilines is 1. The van der Waals surface area contributed by atoms with Crippen LogP contribution < -0.4 is 9.64 Å². The number of aryl methyl sites for hydroxylation is 1. The van der Waals surface area contributed by atoms with E-state index < -0.39 is 5.97 Å². The lowest BCUT2D eigenvalue weighted by molar-refractivity contribution is -0.145. The standard InChI is InChI=1S/C37H46N2O3/c1-26-33-23-28(37(33,2)3)24-34(26)39(20-10-13-27-11-6-4-7-12-27)29-18-21-38(22-19-29)30-16-17-32(36(40)41)35(25-30)42-31-14-8-5-9-15-31/h4-9,11-12,14-17,25-26,28-29,33-34H,10,13,18-24H2,1-3H3,(H,40,41)/t26-,28+,33-,34-/m0/s1. The molecule has 42 heavy (non-hydrogen) atoms. The topological polar surface area (TPSA) is 53.0 Å². The fourth-order valence-electron chi connectivity index (χ4n) is 8.33. The smallest absolute Gasteiger partial charge is 0.339 e. The quantitative estimate of drug-likeness (QED) is 0.268. The number of rotatable bonds is 10. The number of hydrogen-bond acceptors (Lipinski definition) is 4. The third-order valence-corrected chi connectivity index (χ3v) is 10.9. The number of fused-ring (bicyclic) bond motifs is 2. The summed E-state index contributed by atoms with van der Waals surface area (Å²) in [5.41, 5.74) is 3.16. The molecule has 0 amide bonds. The van der Waals surface area contributed by atoms with Crippen LogP contribution in [0.15, 0.2) is 78.9 Å². The maximum absolute atomic E-state index is 11.9. The first-order chi connectivity index (χ1) is 20.3. The van der Waals surface area contributed by atoms with Gasteiger partial charge in [0.25, 0.3) is 0 Å². The molecule has 0 spiro atoms. The predicted octanol–water partition coefficient (Wildman–Crippen LogP) is 8.15. The van der Waals surface area contributed by atoms with Crippen molar-refractivity contribution in [3.63, 3.8) is 0 Å². The van der Waals surface area contributed by atoms with Crippen molar-refractivity contribution in [2.45, 2.75) is 71.4 Å². The molecule has 3 aliphatic carbocycles. The number of piperidine rings is 1. The zero-order valence-corrected chi connectivity index (χ0v) is 25.4. The Bertz CT molecular complexity index is 1350. The van der Waals surface area contributed by atoms with Crippen molar-refractivity contribution in [1.29, 1.82) is 0 Å². The summed E-state index contributed by atoms with van der Waals surface area (Å²) in [7, 11) is 0. The molecule has 0 radical (unpaired) electrons. The molecule has 7 rings (SSSR count). The molecule has 0 aromatic heterocycles. The Kier molecular flexibility index (Phi) is 8.31. The molecule has 4 fully saturated rings. The van der Waals surface area contributed by atoms with E-state index in [9.17, 15) is 9.90 Å². The third-order valence-electron chi connectivity index (χ3n) is 10.9. The summed E-state index contributed by atoms with van der Waals surface area (Å²) < 4.78 is 6.05. The normalized spacial score (nSPS) is 25.2. The van der Waals surface area contributed by atoms with Crippen LogP contribution in [0.2, 0.25) is 0 Å². The van der Waals surface area contributed by atoms with E-state index in [4.69, 9.17) is 4.74 Å². The van der Waals surface area contributed by atoms with Crippen molar-refractivity contribution < 1.29 is 14.6 Å². The minimum atomic E-state index is -0.972. The molecule has 5 nitrogen and oxygen atoms in total. The summed E-state index contributed by atoms with van der Waals surface area (Å²) in [6.07, 6.45) is 7.35. The molecular formula is C37H46N2O3. The second-order valence-corrected chi connectivity index (χ2v) is 13.5. The lowest BCUT2D eigenvalue weighted by atomic mass is 9.44. The molecular weight excluding hydrogens is 520 g/mol. The molecule has 1 saturated heterocycles. The molecule has 1 heterocycles. The van der Waals surface area contributed by atoms with Crippen LogP contribution in [0.5, 0.6) is 11.5 Å². The van der Waals surface area contributed by atoms with E-state index in [1.807, 2.05) is 42.5 Å². The Morgan fingerprint density at radius 2 is 1.67 bits per heavy atom. The number of carboxylic acid groups (broad SMARTS) is 1. The van der Waals surface area contributed by atoms with Gasteiger partial charge in [0.2, 0.25) is 0 Å². The second-order valence-electron chi connectivity index (χ2n) is 13.5. The highest BCUT2D eigenvalue weighted by molar-refractivity contribution is 5.91. The zero-order valence-electron chi connectivity index (χ0n) is 25.4. The molecule has 1 aliphatic heterocycles. The molecule has 4 aliphatic rings. The van der Waals surface area contributed by atoms with Crippen molar-refractivity contribution in [3.8, 4) is 11.5 Å². The number of benzene rings is 3. The van der Waals surface area contributed by atoms with Crippen LogP contribution in [-0.2, 0) is 6.42 Å². The molecule has 3 saturated carbocycles. The fourth-order valence-corrected chi connectivity index (χ4v) is 8.33. The average molecular weight is 567 g/mol. The van der Waals surface area contributed by atoms with E-state index in [-0.39, 0.29) is 5.56 Å².